The first-order valence-corrected chi connectivity index (χ1v) is 6.09. The molecule has 100 valence electrons. The third kappa shape index (κ3) is 4.13. The molecule has 1 aliphatic rings. The van der Waals surface area contributed by atoms with Crippen molar-refractivity contribution in [3.63, 3.8) is 0 Å². The quantitative estimate of drug-likeness (QED) is 0.544. The van der Waals surface area contributed by atoms with Crippen LogP contribution < -0.4 is 10.6 Å². The Morgan fingerprint density at radius 3 is 2.79 bits per heavy atom. The van der Waals surface area contributed by atoms with Gasteiger partial charge in [0.1, 0.15) is 12.2 Å². The number of carbonyl (C=O) groups excluding carboxylic acids is 1. The highest BCUT2D eigenvalue weighted by Gasteiger charge is 2.21. The fourth-order valence-electron chi connectivity index (χ4n) is 1.46. The van der Waals surface area contributed by atoms with Gasteiger partial charge in [-0.05, 0) is 25.7 Å². The average molecular weight is 260 g/mol. The Morgan fingerprint density at radius 2 is 2.21 bits per heavy atom. The molecule has 19 heavy (non-hydrogen) atoms. The summed E-state index contributed by atoms with van der Waals surface area (Å²) in [7, 11) is 0. The molecule has 0 atom stereocenters. The maximum absolute atomic E-state index is 11.7. The van der Waals surface area contributed by atoms with Crippen LogP contribution in [0.15, 0.2) is 17.4 Å². The number of hydrogen-bond acceptors (Lipinski definition) is 4. The van der Waals surface area contributed by atoms with Crippen LogP contribution in [0, 0.1) is 11.3 Å². The van der Waals surface area contributed by atoms with E-state index in [1.54, 1.807) is 6.92 Å². The molecule has 1 amide bonds. The van der Waals surface area contributed by atoms with Crippen molar-refractivity contribution in [3.05, 3.63) is 18.0 Å². The van der Waals surface area contributed by atoms with Crippen molar-refractivity contribution in [1.82, 2.24) is 15.3 Å². The zero-order valence-corrected chi connectivity index (χ0v) is 10.7. The number of nitrogens with zero attached hydrogens (tertiary/aromatic N) is 3. The molecule has 0 bridgehead atoms. The van der Waals surface area contributed by atoms with Gasteiger partial charge in [-0.15, -0.1) is 0 Å². The van der Waals surface area contributed by atoms with Crippen molar-refractivity contribution in [1.29, 1.82) is 5.41 Å². The second-order valence-corrected chi connectivity index (χ2v) is 4.42. The van der Waals surface area contributed by atoms with E-state index in [0.29, 0.717) is 23.3 Å². The Morgan fingerprint density at radius 1 is 1.53 bits per heavy atom. The lowest BCUT2D eigenvalue weighted by Crippen LogP contribution is -2.25. The number of amidine groups is 1. The molecule has 1 aromatic rings. The van der Waals surface area contributed by atoms with Crippen molar-refractivity contribution in [2.24, 2.45) is 10.9 Å². The van der Waals surface area contributed by atoms with E-state index in [-0.39, 0.29) is 5.91 Å². The van der Waals surface area contributed by atoms with Gasteiger partial charge in [-0.2, -0.15) is 0 Å². The van der Waals surface area contributed by atoms with Crippen molar-refractivity contribution >= 4 is 24.0 Å². The number of rotatable bonds is 5. The molecule has 0 spiro atoms. The summed E-state index contributed by atoms with van der Waals surface area (Å²) in [6.45, 7) is 2.43. The number of hydrogen-bond donors (Lipinski definition) is 3. The predicted octanol–water partition coefficient (Wildman–Crippen LogP) is 1.05. The van der Waals surface area contributed by atoms with Crippen LogP contribution in [0.4, 0.5) is 5.95 Å². The molecule has 0 radical (unpaired) electrons. The van der Waals surface area contributed by atoms with Crippen LogP contribution in [0.2, 0.25) is 0 Å². The number of amides is 1. The maximum Gasteiger partial charge on any atom is 0.254 e. The van der Waals surface area contributed by atoms with Gasteiger partial charge in [0.2, 0.25) is 5.95 Å². The normalized spacial score (nSPS) is 14.9. The molecule has 1 saturated carbocycles. The Labute approximate surface area is 111 Å². The van der Waals surface area contributed by atoms with Crippen LogP contribution in [-0.2, 0) is 0 Å². The van der Waals surface area contributed by atoms with Gasteiger partial charge in [-0.1, -0.05) is 0 Å². The Kier molecular flexibility index (Phi) is 4.17. The summed E-state index contributed by atoms with van der Waals surface area (Å²) in [5, 5.41) is 12.5. The van der Waals surface area contributed by atoms with Gasteiger partial charge in [0, 0.05) is 18.9 Å². The minimum Gasteiger partial charge on any atom is -0.352 e. The summed E-state index contributed by atoms with van der Waals surface area (Å²) in [5.41, 5.74) is 0.438. The minimum absolute atomic E-state index is 0.150. The lowest BCUT2D eigenvalue weighted by Gasteiger charge is -2.05. The Hall–Kier alpha value is -2.31. The number of anilines is 1. The molecule has 0 unspecified atom stereocenters. The van der Waals surface area contributed by atoms with E-state index in [1.807, 2.05) is 0 Å². The highest BCUT2D eigenvalue weighted by atomic mass is 16.1. The van der Waals surface area contributed by atoms with E-state index in [1.165, 1.54) is 25.2 Å². The molecule has 1 heterocycles. The maximum atomic E-state index is 11.7. The molecular formula is C12H16N6O. The summed E-state index contributed by atoms with van der Waals surface area (Å²) in [6.07, 6.45) is 6.27. The summed E-state index contributed by atoms with van der Waals surface area (Å²) in [5.74, 6) is 1.36. The van der Waals surface area contributed by atoms with Crippen molar-refractivity contribution < 1.29 is 4.79 Å². The first-order valence-electron chi connectivity index (χ1n) is 6.09. The smallest absolute Gasteiger partial charge is 0.254 e. The van der Waals surface area contributed by atoms with Crippen LogP contribution in [0.3, 0.4) is 0 Å². The van der Waals surface area contributed by atoms with Gasteiger partial charge >= 0.3 is 0 Å². The molecule has 3 N–H and O–H groups in total. The Balaban J connectivity index is 1.91. The van der Waals surface area contributed by atoms with Crippen LogP contribution in [0.25, 0.3) is 0 Å². The van der Waals surface area contributed by atoms with Gasteiger partial charge in [0.05, 0.1) is 5.56 Å². The summed E-state index contributed by atoms with van der Waals surface area (Å²) in [6, 6.07) is 0. The second kappa shape index (κ2) is 6.03. The predicted molar refractivity (Wildman–Crippen MR) is 72.6 cm³/mol. The number of nitrogens with one attached hydrogen (secondary N) is 3. The van der Waals surface area contributed by atoms with Gasteiger partial charge in [0.25, 0.3) is 5.91 Å². The first kappa shape index (κ1) is 13.1. The largest absolute Gasteiger partial charge is 0.352 e. The zero-order chi connectivity index (χ0) is 13.7. The molecule has 0 aliphatic heterocycles. The molecule has 7 heteroatoms. The lowest BCUT2D eigenvalue weighted by molar-refractivity contribution is 0.0951. The van der Waals surface area contributed by atoms with Gasteiger partial charge in [-0.25, -0.2) is 15.0 Å². The third-order valence-corrected chi connectivity index (χ3v) is 2.71. The first-order chi connectivity index (χ1) is 9.19. The highest BCUT2D eigenvalue weighted by Crippen LogP contribution is 2.27. The SMILES string of the molecule is C/C(=N/C=N)Nc1ncc(C(=O)NCC2CC2)cn1. The number of aromatic nitrogens is 2. The lowest BCUT2D eigenvalue weighted by atomic mass is 10.3. The van der Waals surface area contributed by atoms with E-state index in [2.05, 4.69) is 25.6 Å². The highest BCUT2D eigenvalue weighted by molar-refractivity contribution is 5.96. The van der Waals surface area contributed by atoms with E-state index in [4.69, 9.17) is 5.41 Å². The number of carbonyl (C=O) groups is 1. The van der Waals surface area contributed by atoms with Gasteiger partial charge in [0.15, 0.2) is 0 Å². The molecule has 2 rings (SSSR count). The van der Waals surface area contributed by atoms with Gasteiger partial charge in [-0.3, -0.25) is 10.2 Å². The van der Waals surface area contributed by atoms with E-state index in [9.17, 15) is 4.79 Å². The average Bonchev–Trinajstić information content (AvgIpc) is 3.21. The van der Waals surface area contributed by atoms with Crippen LogP contribution in [0.1, 0.15) is 30.1 Å². The van der Waals surface area contributed by atoms with Crippen LogP contribution >= 0.6 is 0 Å². The van der Waals surface area contributed by atoms with Crippen molar-refractivity contribution in [2.75, 3.05) is 11.9 Å². The standard InChI is InChI=1S/C12H16N6O/c1-8(17-7-13)18-12-15-5-10(6-16-12)11(19)14-4-9-2-3-9/h5-7,9H,2-4H2,1H3,(H,14,19)(H2,13,15,16,17,18). The topological polar surface area (TPSA) is 103 Å². The zero-order valence-electron chi connectivity index (χ0n) is 10.7. The molecule has 7 nitrogen and oxygen atoms in total. The monoisotopic (exact) mass is 260 g/mol. The number of aliphatic imine (C=N–C) groups is 1. The molecular weight excluding hydrogens is 244 g/mol. The third-order valence-electron chi connectivity index (χ3n) is 2.71. The van der Waals surface area contributed by atoms with Crippen LogP contribution in [0.5, 0.6) is 0 Å². The molecule has 1 fully saturated rings. The summed E-state index contributed by atoms with van der Waals surface area (Å²) in [4.78, 5) is 23.5. The molecule has 1 aliphatic carbocycles. The molecule has 1 aromatic heterocycles. The van der Waals surface area contributed by atoms with Crippen molar-refractivity contribution in [2.45, 2.75) is 19.8 Å². The Bertz CT molecular complexity index is 491. The van der Waals surface area contributed by atoms with E-state index < -0.39 is 0 Å². The minimum atomic E-state index is -0.150. The van der Waals surface area contributed by atoms with Crippen molar-refractivity contribution in [3.8, 4) is 0 Å². The fourth-order valence-corrected chi connectivity index (χ4v) is 1.46. The van der Waals surface area contributed by atoms with E-state index >= 15 is 0 Å². The second-order valence-electron chi connectivity index (χ2n) is 4.42. The molecule has 0 saturated heterocycles. The summed E-state index contributed by atoms with van der Waals surface area (Å²) < 4.78 is 0. The molecule has 0 aromatic carbocycles. The fraction of sp³-hybridized carbons (Fsp3) is 0.417. The van der Waals surface area contributed by atoms with Crippen LogP contribution in [-0.4, -0.2) is 34.6 Å². The summed E-state index contributed by atoms with van der Waals surface area (Å²) >= 11 is 0. The van der Waals surface area contributed by atoms with Gasteiger partial charge < -0.3 is 10.6 Å². The van der Waals surface area contributed by atoms with E-state index in [0.717, 1.165) is 12.9 Å².